The minimum Gasteiger partial charge on any atom is -0.465 e. The van der Waals surface area contributed by atoms with Gasteiger partial charge in [-0.05, 0) is 24.3 Å². The van der Waals surface area contributed by atoms with Gasteiger partial charge in [0.2, 0.25) is 0 Å². The Kier molecular flexibility index (Phi) is 4.49. The van der Waals surface area contributed by atoms with Gasteiger partial charge in [0.25, 0.3) is 5.91 Å². The van der Waals surface area contributed by atoms with E-state index in [-0.39, 0.29) is 16.8 Å². The Morgan fingerprint density at radius 2 is 2.05 bits per heavy atom. The number of hydrogen-bond acceptors (Lipinski definition) is 4. The first-order valence-electron chi connectivity index (χ1n) is 5.81. The van der Waals surface area contributed by atoms with Gasteiger partial charge in [-0.25, -0.2) is 9.18 Å². The first-order valence-corrected chi connectivity index (χ1v) is 6.19. The predicted molar refractivity (Wildman–Crippen MR) is 74.9 cm³/mol. The molecular weight excluding hydrogens is 299 g/mol. The smallest absolute Gasteiger partial charge is 0.340 e. The van der Waals surface area contributed by atoms with E-state index in [0.717, 1.165) is 6.20 Å². The number of amides is 1. The highest BCUT2D eigenvalue weighted by Crippen LogP contribution is 2.22. The molecule has 1 heterocycles. The highest BCUT2D eigenvalue weighted by Gasteiger charge is 2.17. The zero-order chi connectivity index (χ0) is 15.4. The van der Waals surface area contributed by atoms with Crippen LogP contribution in [0.2, 0.25) is 5.02 Å². The van der Waals surface area contributed by atoms with Crippen molar-refractivity contribution in [3.63, 3.8) is 0 Å². The molecule has 0 saturated heterocycles. The minimum atomic E-state index is -0.761. The van der Waals surface area contributed by atoms with E-state index in [0.29, 0.717) is 5.02 Å². The van der Waals surface area contributed by atoms with Gasteiger partial charge in [0, 0.05) is 11.2 Å². The molecule has 1 aromatic heterocycles. The highest BCUT2D eigenvalue weighted by molar-refractivity contribution is 6.31. The monoisotopic (exact) mass is 308 g/mol. The van der Waals surface area contributed by atoms with Crippen LogP contribution < -0.4 is 5.32 Å². The zero-order valence-electron chi connectivity index (χ0n) is 10.9. The molecule has 2 rings (SSSR count). The molecule has 0 aliphatic carbocycles. The number of halogens is 2. The van der Waals surface area contributed by atoms with Crippen molar-refractivity contribution < 1.29 is 18.7 Å². The van der Waals surface area contributed by atoms with Gasteiger partial charge >= 0.3 is 5.97 Å². The van der Waals surface area contributed by atoms with Crippen LogP contribution >= 0.6 is 11.6 Å². The number of hydrogen-bond donors (Lipinski definition) is 1. The molecule has 0 bridgehead atoms. The average Bonchev–Trinajstić information content (AvgIpc) is 2.48. The fourth-order valence-electron chi connectivity index (χ4n) is 1.65. The van der Waals surface area contributed by atoms with E-state index in [9.17, 15) is 14.0 Å². The van der Waals surface area contributed by atoms with Gasteiger partial charge < -0.3 is 10.1 Å². The van der Waals surface area contributed by atoms with Crippen molar-refractivity contribution in [1.29, 1.82) is 0 Å². The third-order valence-electron chi connectivity index (χ3n) is 2.65. The standard InChI is InChI=1S/C14H10ClFN2O3/c1-21-14(20)10-6-8(15)2-3-12(10)18-13(19)9-4-5-17-7-11(9)16/h2-7H,1H3,(H,18,19). The van der Waals surface area contributed by atoms with Gasteiger partial charge in [0.05, 0.1) is 30.1 Å². The maximum absolute atomic E-state index is 13.5. The summed E-state index contributed by atoms with van der Waals surface area (Å²) >= 11 is 5.81. The lowest BCUT2D eigenvalue weighted by atomic mass is 10.1. The molecule has 0 radical (unpaired) electrons. The van der Waals surface area contributed by atoms with Crippen LogP contribution in [0.25, 0.3) is 0 Å². The van der Waals surface area contributed by atoms with E-state index >= 15 is 0 Å². The average molecular weight is 309 g/mol. The van der Waals surface area contributed by atoms with Crippen LogP contribution in [-0.2, 0) is 4.74 Å². The van der Waals surface area contributed by atoms with Gasteiger partial charge in [0.1, 0.15) is 0 Å². The van der Waals surface area contributed by atoms with Crippen LogP contribution in [0.15, 0.2) is 36.7 Å². The molecule has 0 fully saturated rings. The van der Waals surface area contributed by atoms with E-state index in [1.807, 2.05) is 0 Å². The van der Waals surface area contributed by atoms with Crippen LogP contribution in [0.1, 0.15) is 20.7 Å². The minimum absolute atomic E-state index is 0.0767. The van der Waals surface area contributed by atoms with Crippen molar-refractivity contribution in [2.45, 2.75) is 0 Å². The lowest BCUT2D eigenvalue weighted by Crippen LogP contribution is -2.16. The number of carbonyl (C=O) groups excluding carboxylic acids is 2. The summed E-state index contributed by atoms with van der Waals surface area (Å²) in [6.45, 7) is 0. The van der Waals surface area contributed by atoms with Crippen molar-refractivity contribution >= 4 is 29.2 Å². The third-order valence-corrected chi connectivity index (χ3v) is 2.89. The summed E-state index contributed by atoms with van der Waals surface area (Å²) in [5.74, 6) is -2.13. The van der Waals surface area contributed by atoms with Crippen molar-refractivity contribution in [2.75, 3.05) is 12.4 Å². The number of nitrogens with one attached hydrogen (secondary N) is 1. The number of aromatic nitrogens is 1. The Balaban J connectivity index is 2.34. The Bertz CT molecular complexity index is 706. The Morgan fingerprint density at radius 3 is 2.71 bits per heavy atom. The summed E-state index contributed by atoms with van der Waals surface area (Å²) in [5, 5.41) is 2.75. The zero-order valence-corrected chi connectivity index (χ0v) is 11.6. The number of benzene rings is 1. The molecule has 21 heavy (non-hydrogen) atoms. The number of pyridine rings is 1. The van der Waals surface area contributed by atoms with Crippen LogP contribution in [0.4, 0.5) is 10.1 Å². The summed E-state index contributed by atoms with van der Waals surface area (Å²) < 4.78 is 18.1. The quantitative estimate of drug-likeness (QED) is 0.885. The second kappa shape index (κ2) is 6.32. The lowest BCUT2D eigenvalue weighted by molar-refractivity contribution is 0.0602. The van der Waals surface area contributed by atoms with Crippen LogP contribution in [-0.4, -0.2) is 24.0 Å². The largest absolute Gasteiger partial charge is 0.465 e. The van der Waals surface area contributed by atoms with Gasteiger partial charge in [-0.15, -0.1) is 0 Å². The molecule has 0 aliphatic rings. The molecule has 0 unspecified atom stereocenters. The summed E-state index contributed by atoms with van der Waals surface area (Å²) in [6, 6.07) is 5.52. The number of ether oxygens (including phenoxy) is 1. The number of esters is 1. The first-order chi connectivity index (χ1) is 10.0. The van der Waals surface area contributed by atoms with Crippen molar-refractivity contribution in [1.82, 2.24) is 4.98 Å². The van der Waals surface area contributed by atoms with Crippen molar-refractivity contribution in [3.8, 4) is 0 Å². The Morgan fingerprint density at radius 1 is 1.29 bits per heavy atom. The van der Waals surface area contributed by atoms with Crippen LogP contribution in [0, 0.1) is 5.82 Å². The molecular formula is C14H10ClFN2O3. The summed E-state index contributed by atoms with van der Waals surface area (Å²) in [5.41, 5.74) is 0.0658. The van der Waals surface area contributed by atoms with Crippen molar-refractivity contribution in [3.05, 3.63) is 58.6 Å². The normalized spacial score (nSPS) is 10.0. The summed E-state index contributed by atoms with van der Waals surface area (Å²) in [6.07, 6.45) is 2.22. The Labute approximate surface area is 124 Å². The Hall–Kier alpha value is -2.47. The first kappa shape index (κ1) is 14.9. The van der Waals surface area contributed by atoms with Gasteiger partial charge in [0.15, 0.2) is 5.82 Å². The van der Waals surface area contributed by atoms with E-state index < -0.39 is 17.7 Å². The van der Waals surface area contributed by atoms with Crippen LogP contribution in [0.3, 0.4) is 0 Å². The molecule has 0 atom stereocenters. The SMILES string of the molecule is COC(=O)c1cc(Cl)ccc1NC(=O)c1ccncc1F. The van der Waals surface area contributed by atoms with E-state index in [1.54, 1.807) is 0 Å². The topological polar surface area (TPSA) is 68.3 Å². The molecule has 108 valence electrons. The lowest BCUT2D eigenvalue weighted by Gasteiger charge is -2.10. The maximum atomic E-state index is 13.5. The summed E-state index contributed by atoms with van der Waals surface area (Å²) in [7, 11) is 1.21. The molecule has 0 aliphatic heterocycles. The second-order valence-corrected chi connectivity index (χ2v) is 4.43. The fraction of sp³-hybridized carbons (Fsp3) is 0.0714. The van der Waals surface area contributed by atoms with E-state index in [4.69, 9.17) is 11.6 Å². The molecule has 5 nitrogen and oxygen atoms in total. The molecule has 1 amide bonds. The number of anilines is 1. The highest BCUT2D eigenvalue weighted by atomic mass is 35.5. The van der Waals surface area contributed by atoms with Crippen molar-refractivity contribution in [2.24, 2.45) is 0 Å². The maximum Gasteiger partial charge on any atom is 0.340 e. The summed E-state index contributed by atoms with van der Waals surface area (Å²) in [4.78, 5) is 27.2. The fourth-order valence-corrected chi connectivity index (χ4v) is 1.83. The number of nitrogens with zero attached hydrogens (tertiary/aromatic N) is 1. The number of methoxy groups -OCH3 is 1. The number of carbonyl (C=O) groups is 2. The van der Waals surface area contributed by atoms with Crippen LogP contribution in [0.5, 0.6) is 0 Å². The van der Waals surface area contributed by atoms with Gasteiger partial charge in [-0.3, -0.25) is 9.78 Å². The molecule has 7 heteroatoms. The third kappa shape index (κ3) is 3.35. The van der Waals surface area contributed by atoms with E-state index in [1.165, 1.54) is 37.6 Å². The van der Waals surface area contributed by atoms with Gasteiger partial charge in [-0.2, -0.15) is 0 Å². The molecule has 0 spiro atoms. The molecule has 1 N–H and O–H groups in total. The molecule has 1 aromatic carbocycles. The van der Waals surface area contributed by atoms with Gasteiger partial charge in [-0.1, -0.05) is 11.6 Å². The van der Waals surface area contributed by atoms with E-state index in [2.05, 4.69) is 15.0 Å². The molecule has 0 saturated carbocycles. The number of rotatable bonds is 3. The predicted octanol–water partition coefficient (Wildman–Crippen LogP) is 2.91. The molecule has 2 aromatic rings. The second-order valence-electron chi connectivity index (χ2n) is 3.99.